The number of ether oxygens (including phenoxy) is 1. The van der Waals surface area contributed by atoms with Crippen LogP contribution in [0.2, 0.25) is 0 Å². The molecule has 4 heterocycles. The van der Waals surface area contributed by atoms with Crippen LogP contribution in [-0.4, -0.2) is 69.8 Å². The van der Waals surface area contributed by atoms with Crippen LogP contribution in [0, 0.1) is 5.82 Å². The molecule has 0 bridgehead atoms. The largest absolute Gasteiger partial charge is 0.522 e. The maximum absolute atomic E-state index is 14.4. The van der Waals surface area contributed by atoms with Gasteiger partial charge < -0.3 is 15.5 Å². The number of carbonyl (C=O) groups is 2. The van der Waals surface area contributed by atoms with Crippen molar-refractivity contribution in [3.63, 3.8) is 0 Å². The highest BCUT2D eigenvalue weighted by atomic mass is 32.2. The molecule has 2 amide bonds. The van der Waals surface area contributed by atoms with Gasteiger partial charge in [0, 0.05) is 42.5 Å². The summed E-state index contributed by atoms with van der Waals surface area (Å²) in [5.74, 6) is -2.12. The number of nitrogens with zero attached hydrogens (tertiary/aromatic N) is 4. The van der Waals surface area contributed by atoms with Crippen LogP contribution in [-0.2, 0) is 31.6 Å². The molecule has 1 aliphatic carbocycles. The van der Waals surface area contributed by atoms with Gasteiger partial charge in [-0.2, -0.15) is 0 Å². The van der Waals surface area contributed by atoms with Gasteiger partial charge in [0.2, 0.25) is 10.0 Å². The summed E-state index contributed by atoms with van der Waals surface area (Å²) in [5, 5.41) is 0. The molecule has 1 spiro atoms. The van der Waals surface area contributed by atoms with Gasteiger partial charge in [-0.05, 0) is 55.8 Å². The number of rotatable bonds is 7. The number of alkyl halides is 3. The van der Waals surface area contributed by atoms with Crippen molar-refractivity contribution in [2.75, 3.05) is 19.7 Å². The number of amides is 2. The summed E-state index contributed by atoms with van der Waals surface area (Å²) >= 11 is 0. The van der Waals surface area contributed by atoms with Gasteiger partial charge in [0.1, 0.15) is 16.1 Å². The van der Waals surface area contributed by atoms with Crippen molar-refractivity contribution in [2.24, 2.45) is 5.73 Å². The van der Waals surface area contributed by atoms with E-state index in [0.717, 1.165) is 21.0 Å². The van der Waals surface area contributed by atoms with E-state index < -0.39 is 64.0 Å². The summed E-state index contributed by atoms with van der Waals surface area (Å²) in [6.45, 7) is -0.131. The molecule has 15 heteroatoms. The number of nitrogens with two attached hydrogens (primary N) is 1. The Balaban J connectivity index is 1.46. The lowest BCUT2D eigenvalue weighted by atomic mass is 9.87. The summed E-state index contributed by atoms with van der Waals surface area (Å²) in [7, 11) is -4.27. The average Bonchev–Trinajstić information content (AvgIpc) is 3.55. The fourth-order valence-corrected chi connectivity index (χ4v) is 8.21. The van der Waals surface area contributed by atoms with Crippen molar-refractivity contribution in [3.05, 3.63) is 89.2 Å². The maximum atomic E-state index is 14.4. The molecular weight excluding hydrogens is 606 g/mol. The van der Waals surface area contributed by atoms with Crippen molar-refractivity contribution in [3.8, 4) is 0 Å². The van der Waals surface area contributed by atoms with Crippen LogP contribution in [0.3, 0.4) is 0 Å². The molecule has 0 saturated carbocycles. The van der Waals surface area contributed by atoms with Gasteiger partial charge in [-0.3, -0.25) is 19.3 Å². The third-order valence-corrected chi connectivity index (χ3v) is 10.8. The van der Waals surface area contributed by atoms with Crippen molar-refractivity contribution < 1.29 is 40.3 Å². The molecule has 1 saturated heterocycles. The highest BCUT2D eigenvalue weighted by Crippen LogP contribution is 2.48. The molecule has 2 atom stereocenters. The molecule has 1 unspecified atom stereocenters. The smallest absolute Gasteiger partial charge is 0.399 e. The van der Waals surface area contributed by atoms with Crippen LogP contribution in [0.5, 0.6) is 0 Å². The zero-order valence-electron chi connectivity index (χ0n) is 23.3. The van der Waals surface area contributed by atoms with Crippen LogP contribution in [0.25, 0.3) is 11.0 Å². The molecule has 2 N–H and O–H groups in total. The molecule has 44 heavy (non-hydrogen) atoms. The van der Waals surface area contributed by atoms with Crippen LogP contribution >= 0.6 is 0 Å². The molecule has 3 aromatic rings. The SMILES string of the molecule is CC1(S(=O)(=O)n2c(CN3C(=O)c4cc(F)ccc4[C@]34CCN(CCOC(F)(F)F)C4=O)cc3ncccc32)C=C(N)C=CC1. The van der Waals surface area contributed by atoms with Crippen LogP contribution in [0.4, 0.5) is 17.6 Å². The van der Waals surface area contributed by atoms with Gasteiger partial charge in [0.25, 0.3) is 11.8 Å². The Bertz CT molecular complexity index is 1870. The number of hydrogen-bond acceptors (Lipinski definition) is 7. The van der Waals surface area contributed by atoms with E-state index in [1.165, 1.54) is 36.2 Å². The minimum Gasteiger partial charge on any atom is -0.399 e. The molecule has 1 aromatic carbocycles. The Morgan fingerprint density at radius 2 is 1.93 bits per heavy atom. The Morgan fingerprint density at radius 3 is 2.66 bits per heavy atom. The monoisotopic (exact) mass is 633 g/mol. The summed E-state index contributed by atoms with van der Waals surface area (Å²) in [4.78, 5) is 34.5. The van der Waals surface area contributed by atoms with E-state index in [1.54, 1.807) is 24.3 Å². The van der Waals surface area contributed by atoms with Crippen molar-refractivity contribution in [1.29, 1.82) is 0 Å². The highest BCUT2D eigenvalue weighted by molar-refractivity contribution is 7.91. The molecule has 6 rings (SSSR count). The van der Waals surface area contributed by atoms with Gasteiger partial charge in [-0.1, -0.05) is 12.1 Å². The quantitative estimate of drug-likeness (QED) is 0.395. The van der Waals surface area contributed by atoms with E-state index >= 15 is 0 Å². The third-order valence-electron chi connectivity index (χ3n) is 8.43. The number of halogens is 4. The van der Waals surface area contributed by atoms with E-state index in [0.29, 0.717) is 5.52 Å². The van der Waals surface area contributed by atoms with E-state index in [-0.39, 0.29) is 47.4 Å². The zero-order chi connectivity index (χ0) is 31.7. The van der Waals surface area contributed by atoms with Crippen molar-refractivity contribution in [2.45, 2.75) is 43.0 Å². The van der Waals surface area contributed by atoms with Gasteiger partial charge >= 0.3 is 6.36 Å². The molecule has 2 aromatic heterocycles. The second-order valence-corrected chi connectivity index (χ2v) is 13.4. The van der Waals surface area contributed by atoms with Gasteiger partial charge in [-0.25, -0.2) is 16.8 Å². The Kier molecular flexibility index (Phi) is 6.88. The summed E-state index contributed by atoms with van der Waals surface area (Å²) in [6, 6.07) is 8.04. The minimum atomic E-state index is -4.89. The Labute approximate surface area is 249 Å². The van der Waals surface area contributed by atoms with Gasteiger partial charge in [-0.15, -0.1) is 13.2 Å². The van der Waals surface area contributed by atoms with E-state index in [1.807, 2.05) is 0 Å². The standard InChI is InChI=1S/C29H27F4N5O5S/c1-27(8-2-4-19(34)16-27)44(41,42)38-20(15-23-24(38)5-3-10-35-23)17-37-25(39)21-14-18(30)6-7-22(21)28(37)9-11-36(26(28)40)12-13-43-29(31,32)33/h2-7,10,14-16H,8-9,11-13,17,34H2,1H3/t27?,28-/m0/s1. The first-order valence-corrected chi connectivity index (χ1v) is 15.1. The van der Waals surface area contributed by atoms with Crippen LogP contribution < -0.4 is 5.73 Å². The van der Waals surface area contributed by atoms with E-state index in [2.05, 4.69) is 9.72 Å². The first kappa shape index (κ1) is 29.8. The predicted octanol–water partition coefficient (Wildman–Crippen LogP) is 3.53. The van der Waals surface area contributed by atoms with Crippen LogP contribution in [0.1, 0.15) is 41.4 Å². The van der Waals surface area contributed by atoms with Crippen LogP contribution in [0.15, 0.2) is 66.5 Å². The fourth-order valence-electron chi connectivity index (χ4n) is 6.37. The number of carbonyl (C=O) groups excluding carboxylic acids is 2. The minimum absolute atomic E-state index is 0.0159. The first-order chi connectivity index (χ1) is 20.7. The highest BCUT2D eigenvalue weighted by Gasteiger charge is 2.59. The fraction of sp³-hybridized carbons (Fsp3) is 0.345. The lowest BCUT2D eigenvalue weighted by Gasteiger charge is -2.35. The van der Waals surface area contributed by atoms with Crippen molar-refractivity contribution in [1.82, 2.24) is 18.8 Å². The number of allylic oxidation sites excluding steroid dienone is 2. The number of benzene rings is 1. The molecule has 0 radical (unpaired) electrons. The predicted molar refractivity (Wildman–Crippen MR) is 150 cm³/mol. The maximum Gasteiger partial charge on any atom is 0.522 e. The van der Waals surface area contributed by atoms with Gasteiger partial charge in [0.15, 0.2) is 0 Å². The van der Waals surface area contributed by atoms with E-state index in [9.17, 15) is 35.6 Å². The second kappa shape index (κ2) is 10.2. The number of likely N-dealkylation sites (tertiary alicyclic amines) is 1. The summed E-state index contributed by atoms with van der Waals surface area (Å²) in [5.41, 5.74) is 5.28. The average molecular weight is 634 g/mol. The molecule has 10 nitrogen and oxygen atoms in total. The Hall–Kier alpha value is -4.24. The van der Waals surface area contributed by atoms with E-state index in [4.69, 9.17) is 5.73 Å². The molecule has 2 aliphatic heterocycles. The number of fused-ring (bicyclic) bond motifs is 3. The lowest BCUT2D eigenvalue weighted by Crippen LogP contribution is -2.50. The number of hydrogen-bond donors (Lipinski definition) is 1. The number of aromatic nitrogens is 2. The summed E-state index contributed by atoms with van der Waals surface area (Å²) in [6.07, 6.45) is 1.38. The topological polar surface area (TPSA) is 128 Å². The normalized spacial score (nSPS) is 23.7. The molecule has 232 valence electrons. The molecule has 1 fully saturated rings. The van der Waals surface area contributed by atoms with Gasteiger partial charge in [0.05, 0.1) is 29.9 Å². The molecular formula is C29H27F4N5O5S. The zero-order valence-corrected chi connectivity index (χ0v) is 24.2. The van der Waals surface area contributed by atoms with Crippen molar-refractivity contribution >= 4 is 32.9 Å². The third kappa shape index (κ3) is 4.56. The second-order valence-electron chi connectivity index (χ2n) is 11.2. The Morgan fingerprint density at radius 1 is 1.16 bits per heavy atom. The first-order valence-electron chi connectivity index (χ1n) is 13.7. The summed E-state index contributed by atoms with van der Waals surface area (Å²) < 4.78 is 84.5. The molecule has 3 aliphatic rings. The lowest BCUT2D eigenvalue weighted by molar-refractivity contribution is -0.324. The number of pyridine rings is 1.